The summed E-state index contributed by atoms with van der Waals surface area (Å²) in [6.45, 7) is 5.70. The third-order valence-corrected chi connectivity index (χ3v) is 2.72. The monoisotopic (exact) mass is 247 g/mol. The maximum absolute atomic E-state index is 5.81. The van der Waals surface area contributed by atoms with Crippen LogP contribution in [0.5, 0.6) is 11.6 Å². The fraction of sp³-hybridized carbons (Fsp3) is 0.417. The number of ether oxygens (including phenoxy) is 1. The van der Waals surface area contributed by atoms with Gasteiger partial charge in [-0.25, -0.2) is 4.98 Å². The van der Waals surface area contributed by atoms with Gasteiger partial charge in [0.2, 0.25) is 5.88 Å². The van der Waals surface area contributed by atoms with Crippen molar-refractivity contribution in [3.63, 3.8) is 0 Å². The molecule has 6 nitrogen and oxygen atoms in total. The predicted molar refractivity (Wildman–Crippen MR) is 69.1 cm³/mol. The van der Waals surface area contributed by atoms with Crippen LogP contribution in [0.2, 0.25) is 0 Å². The molecule has 2 heterocycles. The Morgan fingerprint density at radius 1 is 1.22 bits per heavy atom. The van der Waals surface area contributed by atoms with E-state index in [1.54, 1.807) is 10.7 Å². The van der Waals surface area contributed by atoms with E-state index in [9.17, 15) is 0 Å². The van der Waals surface area contributed by atoms with Crippen LogP contribution in [0, 0.1) is 20.8 Å². The molecule has 6 heteroatoms. The Morgan fingerprint density at radius 3 is 2.50 bits per heavy atom. The van der Waals surface area contributed by atoms with Gasteiger partial charge in [0.1, 0.15) is 17.3 Å². The van der Waals surface area contributed by atoms with E-state index in [4.69, 9.17) is 4.74 Å². The number of rotatable bonds is 3. The fourth-order valence-electron chi connectivity index (χ4n) is 1.73. The van der Waals surface area contributed by atoms with Gasteiger partial charge in [0, 0.05) is 20.2 Å². The first-order valence-corrected chi connectivity index (χ1v) is 5.72. The highest BCUT2D eigenvalue weighted by Crippen LogP contribution is 2.27. The summed E-state index contributed by atoms with van der Waals surface area (Å²) in [5, 5.41) is 7.28. The molecule has 0 radical (unpaired) electrons. The normalized spacial score (nSPS) is 10.5. The lowest BCUT2D eigenvalue weighted by Gasteiger charge is -2.07. The summed E-state index contributed by atoms with van der Waals surface area (Å²) in [6, 6.07) is 1.76. The molecule has 0 atom stereocenters. The van der Waals surface area contributed by atoms with Crippen molar-refractivity contribution in [1.82, 2.24) is 19.7 Å². The zero-order valence-electron chi connectivity index (χ0n) is 11.3. The van der Waals surface area contributed by atoms with Gasteiger partial charge in [-0.15, -0.1) is 0 Å². The molecule has 0 unspecified atom stereocenters. The molecule has 2 aromatic heterocycles. The number of aromatic nitrogens is 4. The van der Waals surface area contributed by atoms with Crippen LogP contribution in [-0.2, 0) is 7.05 Å². The second-order valence-electron chi connectivity index (χ2n) is 4.11. The van der Waals surface area contributed by atoms with Crippen LogP contribution in [0.3, 0.4) is 0 Å². The van der Waals surface area contributed by atoms with E-state index in [0.29, 0.717) is 11.7 Å². The molecule has 0 bridgehead atoms. The zero-order chi connectivity index (χ0) is 13.3. The maximum Gasteiger partial charge on any atom is 0.224 e. The maximum atomic E-state index is 5.81. The molecule has 0 aliphatic rings. The van der Waals surface area contributed by atoms with Crippen molar-refractivity contribution in [3.05, 3.63) is 23.3 Å². The van der Waals surface area contributed by atoms with Crippen LogP contribution in [0.4, 0.5) is 5.82 Å². The Bertz CT molecular complexity index is 576. The van der Waals surface area contributed by atoms with E-state index >= 15 is 0 Å². The summed E-state index contributed by atoms with van der Waals surface area (Å²) in [7, 11) is 3.70. The van der Waals surface area contributed by atoms with Crippen LogP contribution in [0.25, 0.3) is 0 Å². The molecule has 0 aliphatic carbocycles. The van der Waals surface area contributed by atoms with E-state index < -0.39 is 0 Å². The SMILES string of the molecule is CNc1cc(Oc2c(C)nn(C)c2C)nc(C)n1. The van der Waals surface area contributed by atoms with Crippen molar-refractivity contribution in [3.8, 4) is 11.6 Å². The second kappa shape index (κ2) is 4.64. The van der Waals surface area contributed by atoms with E-state index in [2.05, 4.69) is 20.4 Å². The summed E-state index contributed by atoms with van der Waals surface area (Å²) in [4.78, 5) is 8.48. The molecule has 0 amide bonds. The van der Waals surface area contributed by atoms with Crippen LogP contribution >= 0.6 is 0 Å². The molecular weight excluding hydrogens is 230 g/mol. The number of anilines is 1. The number of aryl methyl sites for hydroxylation is 3. The minimum atomic E-state index is 0.519. The molecule has 0 aromatic carbocycles. The lowest BCUT2D eigenvalue weighted by atomic mass is 10.3. The van der Waals surface area contributed by atoms with Gasteiger partial charge in [0.15, 0.2) is 5.75 Å². The lowest BCUT2D eigenvalue weighted by Crippen LogP contribution is -1.99. The Balaban J connectivity index is 2.36. The minimum absolute atomic E-state index is 0.519. The molecule has 2 rings (SSSR count). The highest BCUT2D eigenvalue weighted by molar-refractivity contribution is 5.41. The molecule has 18 heavy (non-hydrogen) atoms. The van der Waals surface area contributed by atoms with Crippen molar-refractivity contribution >= 4 is 5.82 Å². The van der Waals surface area contributed by atoms with Gasteiger partial charge >= 0.3 is 0 Å². The van der Waals surface area contributed by atoms with Crippen LogP contribution in [-0.4, -0.2) is 26.8 Å². The van der Waals surface area contributed by atoms with Gasteiger partial charge < -0.3 is 10.1 Å². The van der Waals surface area contributed by atoms with Crippen molar-refractivity contribution in [2.24, 2.45) is 7.05 Å². The van der Waals surface area contributed by atoms with Gasteiger partial charge in [-0.2, -0.15) is 10.1 Å². The molecular formula is C12H17N5O. The molecule has 96 valence electrons. The van der Waals surface area contributed by atoms with E-state index in [1.165, 1.54) is 0 Å². The van der Waals surface area contributed by atoms with Gasteiger partial charge in [-0.1, -0.05) is 0 Å². The first-order valence-electron chi connectivity index (χ1n) is 5.72. The zero-order valence-corrected chi connectivity index (χ0v) is 11.3. The van der Waals surface area contributed by atoms with E-state index in [1.807, 2.05) is 34.9 Å². The molecule has 0 spiro atoms. The van der Waals surface area contributed by atoms with Gasteiger partial charge in [-0.05, 0) is 20.8 Å². The largest absolute Gasteiger partial charge is 0.435 e. The lowest BCUT2D eigenvalue weighted by molar-refractivity contribution is 0.452. The molecule has 0 saturated carbocycles. The highest BCUT2D eigenvalue weighted by atomic mass is 16.5. The fourth-order valence-corrected chi connectivity index (χ4v) is 1.73. The van der Waals surface area contributed by atoms with Gasteiger partial charge in [0.25, 0.3) is 0 Å². The number of hydrogen-bond donors (Lipinski definition) is 1. The molecule has 0 saturated heterocycles. The summed E-state index contributed by atoms with van der Waals surface area (Å²) in [5.41, 5.74) is 1.81. The molecule has 2 aromatic rings. The third kappa shape index (κ3) is 2.27. The van der Waals surface area contributed by atoms with E-state index in [-0.39, 0.29) is 0 Å². The highest BCUT2D eigenvalue weighted by Gasteiger charge is 2.13. The smallest absolute Gasteiger partial charge is 0.224 e. The Labute approximate surface area is 106 Å². The summed E-state index contributed by atoms with van der Waals surface area (Å²) in [6.07, 6.45) is 0. The predicted octanol–water partition coefficient (Wildman–Crippen LogP) is 1.97. The van der Waals surface area contributed by atoms with Crippen LogP contribution < -0.4 is 10.1 Å². The van der Waals surface area contributed by atoms with Gasteiger partial charge in [-0.3, -0.25) is 4.68 Å². The summed E-state index contributed by atoms with van der Waals surface area (Å²) in [5.74, 6) is 2.66. The summed E-state index contributed by atoms with van der Waals surface area (Å²) >= 11 is 0. The van der Waals surface area contributed by atoms with Crippen molar-refractivity contribution in [2.75, 3.05) is 12.4 Å². The Kier molecular flexibility index (Phi) is 3.18. The van der Waals surface area contributed by atoms with Crippen LogP contribution in [0.15, 0.2) is 6.07 Å². The first kappa shape index (κ1) is 12.3. The number of hydrogen-bond acceptors (Lipinski definition) is 5. The minimum Gasteiger partial charge on any atom is -0.435 e. The summed E-state index contributed by atoms with van der Waals surface area (Å²) < 4.78 is 7.60. The Morgan fingerprint density at radius 2 is 1.94 bits per heavy atom. The molecule has 1 N–H and O–H groups in total. The quantitative estimate of drug-likeness (QED) is 0.898. The van der Waals surface area contributed by atoms with Crippen molar-refractivity contribution in [1.29, 1.82) is 0 Å². The second-order valence-corrected chi connectivity index (χ2v) is 4.11. The van der Waals surface area contributed by atoms with Crippen LogP contribution in [0.1, 0.15) is 17.2 Å². The topological polar surface area (TPSA) is 64.9 Å². The molecule has 0 fully saturated rings. The third-order valence-electron chi connectivity index (χ3n) is 2.72. The molecule has 0 aliphatic heterocycles. The Hall–Kier alpha value is -2.11. The number of nitrogens with zero attached hydrogens (tertiary/aromatic N) is 4. The first-order chi connectivity index (χ1) is 8.51. The van der Waals surface area contributed by atoms with E-state index in [0.717, 1.165) is 23.0 Å². The van der Waals surface area contributed by atoms with Crippen molar-refractivity contribution in [2.45, 2.75) is 20.8 Å². The number of nitrogens with one attached hydrogen (secondary N) is 1. The standard InChI is InChI=1S/C12H17N5O/c1-7-12(8(2)17(5)16-7)18-11-6-10(13-4)14-9(3)15-11/h6H,1-5H3,(H,13,14,15). The average Bonchev–Trinajstić information content (AvgIpc) is 2.55. The van der Waals surface area contributed by atoms with Gasteiger partial charge in [0.05, 0.1) is 5.69 Å². The average molecular weight is 247 g/mol. The van der Waals surface area contributed by atoms with Crippen molar-refractivity contribution < 1.29 is 4.74 Å².